The largest absolute Gasteiger partial charge is 0.326 e. The van der Waals surface area contributed by atoms with Crippen molar-refractivity contribution in [1.29, 1.82) is 0 Å². The Bertz CT molecular complexity index is 236. The molecule has 2 N–H and O–H groups in total. The van der Waals surface area contributed by atoms with Gasteiger partial charge in [0.25, 0.3) is 0 Å². The first-order chi connectivity index (χ1) is 4.74. The predicted molar refractivity (Wildman–Crippen MR) is 39.7 cm³/mol. The van der Waals surface area contributed by atoms with Gasteiger partial charge in [-0.3, -0.25) is 0 Å². The normalized spacial score (nSPS) is 9.90. The molecule has 0 aliphatic rings. The van der Waals surface area contributed by atoms with E-state index < -0.39 is 0 Å². The van der Waals surface area contributed by atoms with Gasteiger partial charge in [-0.2, -0.15) is 5.10 Å². The lowest BCUT2D eigenvalue weighted by atomic mass is 10.3. The summed E-state index contributed by atoms with van der Waals surface area (Å²) in [5.41, 5.74) is 7.05. The Labute approximate surface area is 64.2 Å². The first-order valence-electron chi connectivity index (χ1n) is 2.93. The zero-order chi connectivity index (χ0) is 7.56. The van der Waals surface area contributed by atoms with Crippen LogP contribution in [-0.4, -0.2) is 10.2 Å². The van der Waals surface area contributed by atoms with Crippen LogP contribution in [0.25, 0.3) is 0 Å². The zero-order valence-corrected chi connectivity index (χ0v) is 6.39. The van der Waals surface area contributed by atoms with Crippen LogP contribution >= 0.6 is 11.6 Å². The van der Waals surface area contributed by atoms with Crippen LogP contribution in [0.1, 0.15) is 11.3 Å². The van der Waals surface area contributed by atoms with E-state index in [9.17, 15) is 0 Å². The summed E-state index contributed by atoms with van der Waals surface area (Å²) in [5, 5.41) is 7.83. The molecule has 0 aliphatic carbocycles. The minimum Gasteiger partial charge on any atom is -0.326 e. The van der Waals surface area contributed by atoms with Gasteiger partial charge in [0.15, 0.2) is 5.15 Å². The Morgan fingerprint density at radius 1 is 1.60 bits per heavy atom. The van der Waals surface area contributed by atoms with Gasteiger partial charge in [0.05, 0.1) is 5.69 Å². The highest BCUT2D eigenvalue weighted by atomic mass is 35.5. The molecule has 0 amide bonds. The lowest BCUT2D eigenvalue weighted by Gasteiger charge is -1.97. The third-order valence-corrected chi connectivity index (χ3v) is 1.48. The number of aromatic nitrogens is 2. The fourth-order valence-corrected chi connectivity index (χ4v) is 0.840. The van der Waals surface area contributed by atoms with Crippen molar-refractivity contribution in [3.8, 4) is 0 Å². The summed E-state index contributed by atoms with van der Waals surface area (Å²) >= 11 is 5.64. The monoisotopic (exact) mass is 157 g/mol. The molecule has 1 rings (SSSR count). The molecule has 10 heavy (non-hydrogen) atoms. The Morgan fingerprint density at radius 2 is 2.30 bits per heavy atom. The summed E-state index contributed by atoms with van der Waals surface area (Å²) in [4.78, 5) is 0. The number of rotatable bonds is 1. The molecule has 0 spiro atoms. The molecular formula is C6H8ClN3. The third-order valence-electron chi connectivity index (χ3n) is 1.16. The highest BCUT2D eigenvalue weighted by Crippen LogP contribution is 2.10. The van der Waals surface area contributed by atoms with Crippen LogP contribution in [0.2, 0.25) is 5.15 Å². The van der Waals surface area contributed by atoms with Gasteiger partial charge >= 0.3 is 0 Å². The van der Waals surface area contributed by atoms with Crippen LogP contribution in [0.4, 0.5) is 0 Å². The Hall–Kier alpha value is -0.670. The summed E-state index contributed by atoms with van der Waals surface area (Å²) in [6.07, 6.45) is 0. The first kappa shape index (κ1) is 7.44. The molecule has 3 nitrogen and oxygen atoms in total. The molecule has 54 valence electrons. The van der Waals surface area contributed by atoms with Gasteiger partial charge in [-0.15, -0.1) is 5.10 Å². The third kappa shape index (κ3) is 1.43. The molecule has 0 aliphatic heterocycles. The van der Waals surface area contributed by atoms with Crippen molar-refractivity contribution in [2.45, 2.75) is 13.5 Å². The summed E-state index contributed by atoms with van der Waals surface area (Å²) in [5.74, 6) is 0. The Balaban J connectivity index is 3.09. The molecule has 1 aromatic heterocycles. The van der Waals surface area contributed by atoms with Gasteiger partial charge < -0.3 is 5.73 Å². The van der Waals surface area contributed by atoms with E-state index in [4.69, 9.17) is 17.3 Å². The number of halogens is 1. The summed E-state index contributed by atoms with van der Waals surface area (Å²) < 4.78 is 0. The summed E-state index contributed by atoms with van der Waals surface area (Å²) in [7, 11) is 0. The maximum Gasteiger partial charge on any atom is 0.156 e. The SMILES string of the molecule is Cc1cc(CN)c(Cl)nn1. The molecule has 0 radical (unpaired) electrons. The number of nitrogens with two attached hydrogens (primary N) is 1. The van der Waals surface area contributed by atoms with Crippen molar-refractivity contribution in [2.24, 2.45) is 5.73 Å². The second kappa shape index (κ2) is 2.94. The number of nitrogens with zero attached hydrogens (tertiary/aromatic N) is 2. The van der Waals surface area contributed by atoms with E-state index in [0.717, 1.165) is 11.3 Å². The Morgan fingerprint density at radius 3 is 2.80 bits per heavy atom. The van der Waals surface area contributed by atoms with Gasteiger partial charge in [0.2, 0.25) is 0 Å². The summed E-state index contributed by atoms with van der Waals surface area (Å²) in [6.45, 7) is 2.26. The molecule has 0 saturated carbocycles. The van der Waals surface area contributed by atoms with Crippen LogP contribution < -0.4 is 5.73 Å². The van der Waals surface area contributed by atoms with E-state index in [2.05, 4.69) is 10.2 Å². The molecule has 0 aromatic carbocycles. The minimum absolute atomic E-state index is 0.396. The predicted octanol–water partition coefficient (Wildman–Crippen LogP) is 0.897. The van der Waals surface area contributed by atoms with Crippen molar-refractivity contribution in [1.82, 2.24) is 10.2 Å². The molecule has 1 aromatic rings. The first-order valence-corrected chi connectivity index (χ1v) is 3.30. The van der Waals surface area contributed by atoms with E-state index in [-0.39, 0.29) is 0 Å². The average molecular weight is 158 g/mol. The molecular weight excluding hydrogens is 150 g/mol. The lowest BCUT2D eigenvalue weighted by Crippen LogP contribution is -2.00. The molecule has 0 fully saturated rings. The Kier molecular flexibility index (Phi) is 2.19. The number of aryl methyl sites for hydroxylation is 1. The van der Waals surface area contributed by atoms with Gasteiger partial charge in [0.1, 0.15) is 0 Å². The molecule has 4 heteroatoms. The number of hydrogen-bond acceptors (Lipinski definition) is 3. The summed E-state index contributed by atoms with van der Waals surface area (Å²) in [6, 6.07) is 1.83. The van der Waals surface area contributed by atoms with Crippen molar-refractivity contribution in [2.75, 3.05) is 0 Å². The average Bonchev–Trinajstić information content (AvgIpc) is 1.94. The molecule has 1 heterocycles. The zero-order valence-electron chi connectivity index (χ0n) is 5.63. The van der Waals surface area contributed by atoms with Crippen LogP contribution in [0, 0.1) is 6.92 Å². The second-order valence-corrected chi connectivity index (χ2v) is 2.36. The molecule has 0 atom stereocenters. The van der Waals surface area contributed by atoms with Crippen LogP contribution in [-0.2, 0) is 6.54 Å². The highest BCUT2D eigenvalue weighted by molar-refractivity contribution is 6.30. The van der Waals surface area contributed by atoms with Crippen LogP contribution in [0.5, 0.6) is 0 Å². The van der Waals surface area contributed by atoms with Crippen LogP contribution in [0.15, 0.2) is 6.07 Å². The maximum absolute atomic E-state index is 5.64. The van der Waals surface area contributed by atoms with E-state index in [1.165, 1.54) is 0 Å². The van der Waals surface area contributed by atoms with E-state index >= 15 is 0 Å². The fraction of sp³-hybridized carbons (Fsp3) is 0.333. The smallest absolute Gasteiger partial charge is 0.156 e. The van der Waals surface area contributed by atoms with Gasteiger partial charge in [-0.25, -0.2) is 0 Å². The van der Waals surface area contributed by atoms with E-state index in [1.807, 2.05) is 13.0 Å². The van der Waals surface area contributed by atoms with Crippen LogP contribution in [0.3, 0.4) is 0 Å². The van der Waals surface area contributed by atoms with E-state index in [1.54, 1.807) is 0 Å². The van der Waals surface area contributed by atoms with Gasteiger partial charge in [-0.1, -0.05) is 11.6 Å². The maximum atomic E-state index is 5.64. The minimum atomic E-state index is 0.396. The van der Waals surface area contributed by atoms with Crippen molar-refractivity contribution in [3.05, 3.63) is 22.5 Å². The fourth-order valence-electron chi connectivity index (χ4n) is 0.671. The molecule has 0 bridgehead atoms. The quantitative estimate of drug-likeness (QED) is 0.659. The lowest BCUT2D eigenvalue weighted by molar-refractivity contribution is 0.932. The van der Waals surface area contributed by atoms with Gasteiger partial charge in [-0.05, 0) is 13.0 Å². The van der Waals surface area contributed by atoms with Crippen molar-refractivity contribution >= 4 is 11.6 Å². The standard InChI is InChI=1S/C6H8ClN3/c1-4-2-5(3-8)6(7)10-9-4/h2H,3,8H2,1H3. The molecule has 0 unspecified atom stereocenters. The highest BCUT2D eigenvalue weighted by Gasteiger charge is 1.98. The topological polar surface area (TPSA) is 51.8 Å². The second-order valence-electron chi connectivity index (χ2n) is 2.01. The van der Waals surface area contributed by atoms with E-state index in [0.29, 0.717) is 11.7 Å². The van der Waals surface area contributed by atoms with Gasteiger partial charge in [0, 0.05) is 12.1 Å². The van der Waals surface area contributed by atoms with Crippen molar-refractivity contribution < 1.29 is 0 Å². The van der Waals surface area contributed by atoms with Crippen molar-refractivity contribution in [3.63, 3.8) is 0 Å². The number of hydrogen-bond donors (Lipinski definition) is 1. The molecule has 0 saturated heterocycles.